The third kappa shape index (κ3) is 3.05. The molecular formula is C23H24N4O4. The molecule has 4 heterocycles. The van der Waals surface area contributed by atoms with E-state index in [1.54, 1.807) is 10.6 Å². The van der Waals surface area contributed by atoms with Crippen molar-refractivity contribution in [3.05, 3.63) is 74.3 Å². The number of likely N-dealkylation sites (tertiary alicyclic amines) is 1. The molecule has 3 aromatic rings. The maximum Gasteiger partial charge on any atom is 0.334 e. The molecule has 0 unspecified atom stereocenters. The van der Waals surface area contributed by atoms with Crippen molar-refractivity contribution < 1.29 is 9.72 Å². The van der Waals surface area contributed by atoms with Gasteiger partial charge in [0.1, 0.15) is 0 Å². The smallest absolute Gasteiger partial charge is 0.334 e. The van der Waals surface area contributed by atoms with Crippen molar-refractivity contribution in [3.8, 4) is 0 Å². The van der Waals surface area contributed by atoms with Gasteiger partial charge in [0, 0.05) is 66.0 Å². The highest BCUT2D eigenvalue weighted by atomic mass is 16.6. The Bertz CT molecular complexity index is 1270. The maximum atomic E-state index is 13.5. The van der Waals surface area contributed by atoms with Crippen LogP contribution in [0, 0.1) is 16.0 Å². The van der Waals surface area contributed by atoms with Crippen LogP contribution in [0.15, 0.2) is 47.4 Å². The molecule has 0 N–H and O–H groups in total. The van der Waals surface area contributed by atoms with Crippen molar-refractivity contribution in [1.82, 2.24) is 14.0 Å². The summed E-state index contributed by atoms with van der Waals surface area (Å²) >= 11 is 0. The number of rotatable bonds is 3. The van der Waals surface area contributed by atoms with Crippen LogP contribution in [0.4, 0.5) is 5.69 Å². The summed E-state index contributed by atoms with van der Waals surface area (Å²) in [6, 6.07) is 11.1. The Morgan fingerprint density at radius 2 is 1.94 bits per heavy atom. The minimum Gasteiger partial charge on any atom is -0.345 e. The second-order valence-electron chi connectivity index (χ2n) is 8.88. The minimum atomic E-state index is -0.625. The lowest BCUT2D eigenvalue weighted by Gasteiger charge is -2.42. The van der Waals surface area contributed by atoms with Crippen molar-refractivity contribution in [2.45, 2.75) is 38.8 Å². The molecule has 0 saturated carbocycles. The standard InChI is InChI=1S/C23H24N4O4/c1-14(2)25-9-8-17-18(4-3-5-20(17)25)22(28)24-11-15-10-16(13-24)19-6-7-21(27(30)31)23(29)26(19)12-15/h3-9,14-16H,10-13H2,1-2H3/t15-,16+/m0/s1. The molecule has 5 rings (SSSR count). The summed E-state index contributed by atoms with van der Waals surface area (Å²) in [5, 5.41) is 12.1. The first-order chi connectivity index (χ1) is 14.8. The third-order valence-electron chi connectivity index (χ3n) is 6.62. The van der Waals surface area contributed by atoms with E-state index in [4.69, 9.17) is 0 Å². The van der Waals surface area contributed by atoms with Crippen LogP contribution in [-0.2, 0) is 6.54 Å². The summed E-state index contributed by atoms with van der Waals surface area (Å²) in [6.07, 6.45) is 2.90. The molecule has 1 saturated heterocycles. The zero-order chi connectivity index (χ0) is 21.9. The normalized spacial score (nSPS) is 20.2. The van der Waals surface area contributed by atoms with Gasteiger partial charge in [0.15, 0.2) is 0 Å². The van der Waals surface area contributed by atoms with Gasteiger partial charge >= 0.3 is 11.2 Å². The lowest BCUT2D eigenvalue weighted by Crippen LogP contribution is -2.49. The van der Waals surface area contributed by atoms with E-state index in [9.17, 15) is 19.7 Å². The molecule has 0 spiro atoms. The Hall–Kier alpha value is -3.42. The van der Waals surface area contributed by atoms with Gasteiger partial charge in [-0.1, -0.05) is 6.07 Å². The number of benzene rings is 1. The Morgan fingerprint density at radius 1 is 1.13 bits per heavy atom. The topological polar surface area (TPSA) is 90.4 Å². The highest BCUT2D eigenvalue weighted by Crippen LogP contribution is 2.36. The summed E-state index contributed by atoms with van der Waals surface area (Å²) in [5.41, 5.74) is 1.59. The molecule has 1 amide bonds. The predicted molar refractivity (Wildman–Crippen MR) is 116 cm³/mol. The van der Waals surface area contributed by atoms with E-state index in [1.807, 2.05) is 35.4 Å². The zero-order valence-electron chi connectivity index (χ0n) is 17.5. The average Bonchev–Trinajstić information content (AvgIpc) is 3.18. The largest absolute Gasteiger partial charge is 0.345 e. The van der Waals surface area contributed by atoms with Gasteiger partial charge in [-0.15, -0.1) is 0 Å². The number of hydrogen-bond donors (Lipinski definition) is 0. The van der Waals surface area contributed by atoms with Crippen molar-refractivity contribution in [2.75, 3.05) is 13.1 Å². The molecular weight excluding hydrogens is 396 g/mol. The Balaban J connectivity index is 1.48. The summed E-state index contributed by atoms with van der Waals surface area (Å²) < 4.78 is 3.70. The van der Waals surface area contributed by atoms with E-state index >= 15 is 0 Å². The van der Waals surface area contributed by atoms with Gasteiger partial charge in [0.25, 0.3) is 5.91 Å². The molecule has 2 aliphatic rings. The molecule has 8 nitrogen and oxygen atoms in total. The van der Waals surface area contributed by atoms with Crippen molar-refractivity contribution in [1.29, 1.82) is 0 Å². The van der Waals surface area contributed by atoms with E-state index in [0.29, 0.717) is 31.2 Å². The van der Waals surface area contributed by atoms with E-state index in [2.05, 4.69) is 18.4 Å². The molecule has 31 heavy (non-hydrogen) atoms. The summed E-state index contributed by atoms with van der Waals surface area (Å²) in [6.45, 7) is 5.69. The number of amides is 1. The number of aromatic nitrogens is 2. The Morgan fingerprint density at radius 3 is 2.68 bits per heavy atom. The fraction of sp³-hybridized carbons (Fsp3) is 0.391. The maximum absolute atomic E-state index is 13.5. The predicted octanol–water partition coefficient (Wildman–Crippen LogP) is 3.55. The first kappa shape index (κ1) is 19.5. The number of nitro groups is 1. The van der Waals surface area contributed by atoms with E-state index < -0.39 is 16.2 Å². The van der Waals surface area contributed by atoms with Crippen LogP contribution < -0.4 is 5.56 Å². The van der Waals surface area contributed by atoms with Crippen LogP contribution in [0.3, 0.4) is 0 Å². The second-order valence-corrected chi connectivity index (χ2v) is 8.88. The van der Waals surface area contributed by atoms with Crippen molar-refractivity contribution in [2.24, 2.45) is 5.92 Å². The number of pyridine rings is 1. The van der Waals surface area contributed by atoms with Gasteiger partial charge in [-0.2, -0.15) is 0 Å². The molecule has 1 fully saturated rings. The van der Waals surface area contributed by atoms with Crippen molar-refractivity contribution in [3.63, 3.8) is 0 Å². The molecule has 0 radical (unpaired) electrons. The van der Waals surface area contributed by atoms with E-state index in [1.165, 1.54) is 6.07 Å². The fourth-order valence-corrected chi connectivity index (χ4v) is 5.23. The average molecular weight is 420 g/mol. The molecule has 0 aliphatic carbocycles. The van der Waals surface area contributed by atoms with Gasteiger partial charge in [-0.25, -0.2) is 0 Å². The number of nitrogens with zero attached hydrogens (tertiary/aromatic N) is 4. The van der Waals surface area contributed by atoms with Crippen LogP contribution in [0.5, 0.6) is 0 Å². The van der Waals surface area contributed by atoms with Crippen LogP contribution >= 0.6 is 0 Å². The molecule has 2 aliphatic heterocycles. The molecule has 8 heteroatoms. The van der Waals surface area contributed by atoms with Crippen LogP contribution in [0.1, 0.15) is 48.3 Å². The Labute approximate surface area is 178 Å². The number of carbonyl (C=O) groups excluding carboxylic acids is 1. The van der Waals surface area contributed by atoms with Gasteiger partial charge in [0.2, 0.25) is 0 Å². The highest BCUT2D eigenvalue weighted by molar-refractivity contribution is 6.06. The molecule has 2 bridgehead atoms. The van der Waals surface area contributed by atoms with Crippen LogP contribution in [0.2, 0.25) is 0 Å². The van der Waals surface area contributed by atoms with Crippen LogP contribution in [0.25, 0.3) is 10.9 Å². The van der Waals surface area contributed by atoms with E-state index in [-0.39, 0.29) is 17.7 Å². The lowest BCUT2D eigenvalue weighted by atomic mass is 9.83. The summed E-state index contributed by atoms with van der Waals surface area (Å²) in [4.78, 5) is 38.5. The fourth-order valence-electron chi connectivity index (χ4n) is 5.23. The van der Waals surface area contributed by atoms with Crippen molar-refractivity contribution >= 4 is 22.5 Å². The van der Waals surface area contributed by atoms with Gasteiger partial charge in [-0.3, -0.25) is 19.7 Å². The second kappa shape index (κ2) is 7.08. The number of fused-ring (bicyclic) bond motifs is 5. The first-order valence-electron chi connectivity index (χ1n) is 10.6. The highest BCUT2D eigenvalue weighted by Gasteiger charge is 2.38. The lowest BCUT2D eigenvalue weighted by molar-refractivity contribution is -0.386. The van der Waals surface area contributed by atoms with Gasteiger partial charge < -0.3 is 14.0 Å². The molecule has 2 aromatic heterocycles. The molecule has 2 atom stereocenters. The molecule has 160 valence electrons. The third-order valence-corrected chi connectivity index (χ3v) is 6.62. The quantitative estimate of drug-likeness (QED) is 0.479. The number of piperidine rings is 1. The Kier molecular flexibility index (Phi) is 4.46. The monoisotopic (exact) mass is 420 g/mol. The first-order valence-corrected chi connectivity index (χ1v) is 10.6. The van der Waals surface area contributed by atoms with Gasteiger partial charge in [0.05, 0.1) is 4.92 Å². The minimum absolute atomic E-state index is 0.000449. The summed E-state index contributed by atoms with van der Waals surface area (Å²) in [7, 11) is 0. The zero-order valence-corrected chi connectivity index (χ0v) is 17.5. The summed E-state index contributed by atoms with van der Waals surface area (Å²) in [5.74, 6) is 0.110. The molecule has 1 aromatic carbocycles. The SMILES string of the molecule is CC(C)n1ccc2c(C(=O)N3C[C@@H]4C[C@H](C3)c3ccc([N+](=O)[O-])c(=O)n3C4)cccc21. The number of carbonyl (C=O) groups is 1. The van der Waals surface area contributed by atoms with E-state index in [0.717, 1.165) is 23.0 Å². The van der Waals surface area contributed by atoms with Crippen LogP contribution in [-0.4, -0.2) is 38.0 Å². The van der Waals surface area contributed by atoms with Gasteiger partial charge in [-0.05, 0) is 50.5 Å². The number of hydrogen-bond acceptors (Lipinski definition) is 4.